The van der Waals surface area contributed by atoms with Crippen LogP contribution in [0, 0.1) is 5.82 Å². The second-order valence-corrected chi connectivity index (χ2v) is 6.11. The lowest BCUT2D eigenvalue weighted by atomic mass is 10.2. The average Bonchev–Trinajstić information content (AvgIpc) is 3.24. The number of pyridine rings is 1. The van der Waals surface area contributed by atoms with Crippen molar-refractivity contribution in [2.24, 2.45) is 0 Å². The lowest BCUT2D eigenvalue weighted by molar-refractivity contribution is 0.0958. The van der Waals surface area contributed by atoms with Gasteiger partial charge in [-0.1, -0.05) is 17.3 Å². The maximum atomic E-state index is 13.4. The second-order valence-electron chi connectivity index (χ2n) is 6.11. The van der Waals surface area contributed by atoms with E-state index in [1.807, 2.05) is 12.1 Å². The van der Waals surface area contributed by atoms with Crippen LogP contribution < -0.4 is 10.1 Å². The number of rotatable bonds is 5. The number of carbonyl (C=O) groups is 1. The van der Waals surface area contributed by atoms with Crippen molar-refractivity contribution in [3.63, 3.8) is 0 Å². The molecule has 2 aromatic carbocycles. The highest BCUT2D eigenvalue weighted by molar-refractivity contribution is 5.92. The van der Waals surface area contributed by atoms with Gasteiger partial charge >= 0.3 is 0 Å². The highest BCUT2D eigenvalue weighted by Gasteiger charge is 2.08. The Bertz CT molecular complexity index is 1160. The summed E-state index contributed by atoms with van der Waals surface area (Å²) in [5.41, 5.74) is 2.27. The van der Waals surface area contributed by atoms with E-state index in [9.17, 15) is 9.18 Å². The molecule has 0 radical (unpaired) electrons. The number of aromatic nitrogens is 4. The fraction of sp³-hybridized carbons (Fsp3) is 0.0476. The number of amides is 1. The average molecular weight is 389 g/mol. The smallest absolute Gasteiger partial charge is 0.269 e. The van der Waals surface area contributed by atoms with Crippen molar-refractivity contribution in [1.29, 1.82) is 0 Å². The molecule has 1 N–H and O–H groups in total. The van der Waals surface area contributed by atoms with Crippen molar-refractivity contribution >= 4 is 5.91 Å². The summed E-state index contributed by atoms with van der Waals surface area (Å²) in [5.74, 6) is 0.481. The number of hydrogen-bond acceptors (Lipinski definition) is 5. The summed E-state index contributed by atoms with van der Waals surface area (Å²) in [5, 5.41) is 10.7. The first-order chi connectivity index (χ1) is 14.1. The van der Waals surface area contributed by atoms with Crippen molar-refractivity contribution in [3.05, 3.63) is 84.6 Å². The summed E-state index contributed by atoms with van der Waals surface area (Å²) < 4.78 is 20.8. The van der Waals surface area contributed by atoms with Crippen molar-refractivity contribution < 1.29 is 13.9 Å². The molecular formula is C21H16FN5O2. The summed E-state index contributed by atoms with van der Waals surface area (Å²) in [7, 11) is 1.54. The van der Waals surface area contributed by atoms with Crippen LogP contribution in [0.2, 0.25) is 0 Å². The van der Waals surface area contributed by atoms with E-state index in [4.69, 9.17) is 4.74 Å². The lowest BCUT2D eigenvalue weighted by Crippen LogP contribution is -2.18. The fourth-order valence-electron chi connectivity index (χ4n) is 2.70. The van der Waals surface area contributed by atoms with Crippen LogP contribution in [-0.2, 0) is 0 Å². The molecule has 0 fully saturated rings. The molecule has 0 unspecified atom stereocenters. The molecule has 1 amide bonds. The molecule has 0 aliphatic rings. The van der Waals surface area contributed by atoms with Gasteiger partial charge in [0.1, 0.15) is 28.7 Å². The number of hydrogen-bond donors (Lipinski definition) is 1. The normalized spacial score (nSPS) is 10.6. The molecule has 0 aliphatic carbocycles. The minimum atomic E-state index is -0.325. The molecule has 0 spiro atoms. The van der Waals surface area contributed by atoms with Gasteiger partial charge in [0.15, 0.2) is 0 Å². The van der Waals surface area contributed by atoms with Crippen LogP contribution in [0.15, 0.2) is 73.1 Å². The summed E-state index contributed by atoms with van der Waals surface area (Å²) in [6.07, 6.45) is 3.24. The molecule has 2 heterocycles. The van der Waals surface area contributed by atoms with Gasteiger partial charge in [-0.15, -0.1) is 5.10 Å². The molecule has 8 heteroatoms. The number of benzene rings is 2. The van der Waals surface area contributed by atoms with Gasteiger partial charge < -0.3 is 10.1 Å². The first-order valence-electron chi connectivity index (χ1n) is 8.77. The maximum absolute atomic E-state index is 13.4. The van der Waals surface area contributed by atoms with Gasteiger partial charge in [-0.2, -0.15) is 0 Å². The van der Waals surface area contributed by atoms with E-state index in [1.165, 1.54) is 18.3 Å². The molecule has 0 atom stereocenters. The molecule has 2 aromatic heterocycles. The zero-order valence-electron chi connectivity index (χ0n) is 15.4. The minimum Gasteiger partial charge on any atom is -0.457 e. The quantitative estimate of drug-likeness (QED) is 0.564. The van der Waals surface area contributed by atoms with Gasteiger partial charge in [0.2, 0.25) is 0 Å². The Balaban J connectivity index is 1.51. The van der Waals surface area contributed by atoms with E-state index in [0.717, 1.165) is 5.69 Å². The first kappa shape index (κ1) is 18.3. The summed E-state index contributed by atoms with van der Waals surface area (Å²) in [4.78, 5) is 15.7. The summed E-state index contributed by atoms with van der Waals surface area (Å²) in [6, 6.07) is 16.6. The van der Waals surface area contributed by atoms with Gasteiger partial charge in [0.05, 0.1) is 11.9 Å². The molecule has 0 aliphatic heterocycles. The largest absolute Gasteiger partial charge is 0.457 e. The SMILES string of the molecule is CNC(=O)c1cc(Oc2ccc(-n3cc(-c4cccc(F)c4)nn3)cc2)ccn1. The van der Waals surface area contributed by atoms with Gasteiger partial charge in [-0.3, -0.25) is 9.78 Å². The Kier molecular flexibility index (Phi) is 4.98. The Labute approximate surface area is 165 Å². The molecule has 7 nitrogen and oxygen atoms in total. The van der Waals surface area contributed by atoms with Gasteiger partial charge in [-0.25, -0.2) is 9.07 Å². The maximum Gasteiger partial charge on any atom is 0.269 e. The van der Waals surface area contributed by atoms with Crippen LogP contribution in [0.4, 0.5) is 4.39 Å². The van der Waals surface area contributed by atoms with Crippen LogP contribution >= 0.6 is 0 Å². The zero-order chi connectivity index (χ0) is 20.2. The Morgan fingerprint density at radius 1 is 1.07 bits per heavy atom. The first-order valence-corrected chi connectivity index (χ1v) is 8.77. The molecule has 4 aromatic rings. The van der Waals surface area contributed by atoms with E-state index >= 15 is 0 Å². The number of halogens is 1. The standard InChI is InChI=1S/C21H16FN5O2/c1-23-21(28)19-12-18(9-10-24-19)29-17-7-5-16(6-8-17)27-13-20(25-26-27)14-3-2-4-15(22)11-14/h2-13H,1H3,(H,23,28). The fourth-order valence-corrected chi connectivity index (χ4v) is 2.70. The van der Waals surface area contributed by atoms with Gasteiger partial charge in [0, 0.05) is 24.9 Å². The van der Waals surface area contributed by atoms with E-state index in [1.54, 1.807) is 54.3 Å². The van der Waals surface area contributed by atoms with Crippen LogP contribution in [-0.4, -0.2) is 32.9 Å². The Morgan fingerprint density at radius 3 is 2.66 bits per heavy atom. The third kappa shape index (κ3) is 4.11. The molecule has 29 heavy (non-hydrogen) atoms. The molecule has 0 saturated carbocycles. The third-order valence-electron chi connectivity index (χ3n) is 4.14. The van der Waals surface area contributed by atoms with Crippen molar-refractivity contribution in [2.75, 3.05) is 7.05 Å². The monoisotopic (exact) mass is 389 g/mol. The molecule has 0 bridgehead atoms. The molecule has 0 saturated heterocycles. The van der Waals surface area contributed by atoms with Crippen molar-refractivity contribution in [1.82, 2.24) is 25.3 Å². The number of ether oxygens (including phenoxy) is 1. The van der Waals surface area contributed by atoms with Crippen LogP contribution in [0.5, 0.6) is 11.5 Å². The predicted octanol–water partition coefficient (Wildman–Crippen LogP) is 3.62. The third-order valence-corrected chi connectivity index (χ3v) is 4.14. The number of carbonyl (C=O) groups excluding carboxylic acids is 1. The van der Waals surface area contributed by atoms with Crippen molar-refractivity contribution in [3.8, 4) is 28.4 Å². The highest BCUT2D eigenvalue weighted by Crippen LogP contribution is 2.24. The molecule has 4 rings (SSSR count). The van der Waals surface area contributed by atoms with E-state index in [2.05, 4.69) is 20.6 Å². The van der Waals surface area contributed by atoms with Crippen LogP contribution in [0.25, 0.3) is 16.9 Å². The van der Waals surface area contributed by atoms with Gasteiger partial charge in [0.25, 0.3) is 5.91 Å². The van der Waals surface area contributed by atoms with Crippen LogP contribution in [0.1, 0.15) is 10.5 Å². The summed E-state index contributed by atoms with van der Waals surface area (Å²) in [6.45, 7) is 0. The van der Waals surface area contributed by atoms with Crippen molar-refractivity contribution in [2.45, 2.75) is 0 Å². The predicted molar refractivity (Wildman–Crippen MR) is 104 cm³/mol. The minimum absolute atomic E-state index is 0.272. The van der Waals surface area contributed by atoms with E-state index in [0.29, 0.717) is 22.8 Å². The number of nitrogens with one attached hydrogen (secondary N) is 1. The highest BCUT2D eigenvalue weighted by atomic mass is 19.1. The lowest BCUT2D eigenvalue weighted by Gasteiger charge is -2.07. The Morgan fingerprint density at radius 2 is 1.90 bits per heavy atom. The van der Waals surface area contributed by atoms with Gasteiger partial charge in [-0.05, 0) is 42.5 Å². The second kappa shape index (κ2) is 7.89. The topological polar surface area (TPSA) is 81.9 Å². The van der Waals surface area contributed by atoms with E-state index in [-0.39, 0.29) is 17.4 Å². The zero-order valence-corrected chi connectivity index (χ0v) is 15.4. The number of nitrogens with zero attached hydrogens (tertiary/aromatic N) is 4. The molecule has 144 valence electrons. The summed E-state index contributed by atoms with van der Waals surface area (Å²) >= 11 is 0. The van der Waals surface area contributed by atoms with E-state index < -0.39 is 0 Å². The Hall–Kier alpha value is -4.07. The molecular weight excluding hydrogens is 373 g/mol. The van der Waals surface area contributed by atoms with Crippen LogP contribution in [0.3, 0.4) is 0 Å².